The van der Waals surface area contributed by atoms with Gasteiger partial charge in [-0.3, -0.25) is 4.79 Å². The third kappa shape index (κ3) is 2.88. The molecule has 0 radical (unpaired) electrons. The molecular weight excluding hydrogens is 247 g/mol. The van der Waals surface area contributed by atoms with Crippen molar-refractivity contribution in [1.29, 1.82) is 0 Å². The Balaban J connectivity index is 2.20. The molecule has 4 nitrogen and oxygen atoms in total. The highest BCUT2D eigenvalue weighted by Gasteiger charge is 2.12. The van der Waals surface area contributed by atoms with Crippen LogP contribution in [-0.4, -0.2) is 18.0 Å². The maximum atomic E-state index is 13.3. The number of ether oxygens (including phenoxy) is 1. The van der Waals surface area contributed by atoms with Crippen LogP contribution < -0.4 is 10.1 Å². The van der Waals surface area contributed by atoms with Crippen LogP contribution >= 0.6 is 0 Å². The summed E-state index contributed by atoms with van der Waals surface area (Å²) in [5.74, 6) is -0.592. The van der Waals surface area contributed by atoms with Crippen LogP contribution in [0.3, 0.4) is 0 Å². The second-order valence-corrected chi connectivity index (χ2v) is 3.98. The number of halogens is 1. The summed E-state index contributed by atoms with van der Waals surface area (Å²) in [6.07, 6.45) is 1.30. The van der Waals surface area contributed by atoms with Crippen LogP contribution in [0.1, 0.15) is 15.9 Å². The Hall–Kier alpha value is -2.43. The number of aryl methyl sites for hydroxylation is 1. The number of benzene rings is 1. The summed E-state index contributed by atoms with van der Waals surface area (Å²) in [6.45, 7) is 1.86. The fourth-order valence-corrected chi connectivity index (χ4v) is 1.71. The number of aromatic nitrogens is 1. The van der Waals surface area contributed by atoms with Crippen LogP contribution in [0.2, 0.25) is 0 Å². The van der Waals surface area contributed by atoms with Gasteiger partial charge < -0.3 is 10.1 Å². The number of hydrogen-bond acceptors (Lipinski definition) is 3. The van der Waals surface area contributed by atoms with Crippen LogP contribution in [0.25, 0.3) is 0 Å². The van der Waals surface area contributed by atoms with E-state index in [1.54, 1.807) is 25.3 Å². The second-order valence-electron chi connectivity index (χ2n) is 3.98. The number of nitrogens with zero attached hydrogens (tertiary/aromatic N) is 1. The van der Waals surface area contributed by atoms with Gasteiger partial charge in [0.25, 0.3) is 5.91 Å². The minimum atomic E-state index is -0.787. The largest absolute Gasteiger partial charge is 0.496 e. The molecule has 1 N–H and O–H groups in total. The fraction of sp³-hybridized carbons (Fsp3) is 0.143. The first-order chi connectivity index (χ1) is 9.11. The summed E-state index contributed by atoms with van der Waals surface area (Å²) in [5, 5.41) is 2.62. The molecule has 5 heteroatoms. The number of nitrogens with one attached hydrogen (secondary N) is 1. The van der Waals surface area contributed by atoms with Crippen molar-refractivity contribution >= 4 is 11.6 Å². The van der Waals surface area contributed by atoms with Crippen molar-refractivity contribution in [3.8, 4) is 5.75 Å². The zero-order valence-electron chi connectivity index (χ0n) is 10.6. The highest BCUT2D eigenvalue weighted by molar-refractivity contribution is 6.04. The predicted molar refractivity (Wildman–Crippen MR) is 69.9 cm³/mol. The number of anilines is 1. The highest BCUT2D eigenvalue weighted by Crippen LogP contribution is 2.21. The topological polar surface area (TPSA) is 51.2 Å². The lowest BCUT2D eigenvalue weighted by Crippen LogP contribution is -2.14. The Morgan fingerprint density at radius 3 is 2.79 bits per heavy atom. The molecule has 2 rings (SSSR count). The molecule has 2 aromatic rings. The molecule has 98 valence electrons. The van der Waals surface area contributed by atoms with Crippen molar-refractivity contribution in [3.05, 3.63) is 53.6 Å². The summed E-state index contributed by atoms with van der Waals surface area (Å²) in [4.78, 5) is 15.3. The molecule has 1 amide bonds. The molecule has 0 saturated carbocycles. The van der Waals surface area contributed by atoms with E-state index in [2.05, 4.69) is 10.3 Å². The lowest BCUT2D eigenvalue weighted by atomic mass is 10.2. The molecule has 0 aliphatic rings. The molecule has 0 saturated heterocycles. The van der Waals surface area contributed by atoms with Gasteiger partial charge in [0.1, 0.15) is 5.75 Å². The molecule has 0 aliphatic carbocycles. The monoisotopic (exact) mass is 260 g/mol. The average Bonchev–Trinajstić information content (AvgIpc) is 2.39. The number of amides is 1. The van der Waals surface area contributed by atoms with Gasteiger partial charge in [-0.2, -0.15) is 4.39 Å². The van der Waals surface area contributed by atoms with Gasteiger partial charge in [0.2, 0.25) is 5.95 Å². The Morgan fingerprint density at radius 2 is 2.16 bits per heavy atom. The van der Waals surface area contributed by atoms with Crippen LogP contribution in [0.5, 0.6) is 5.75 Å². The molecule has 0 aliphatic heterocycles. The number of rotatable bonds is 3. The van der Waals surface area contributed by atoms with Gasteiger partial charge >= 0.3 is 0 Å². The Labute approximate surface area is 110 Å². The number of pyridine rings is 1. The number of hydrogen-bond donors (Lipinski definition) is 1. The quantitative estimate of drug-likeness (QED) is 0.863. The van der Waals surface area contributed by atoms with E-state index in [-0.39, 0.29) is 5.56 Å². The lowest BCUT2D eigenvalue weighted by Gasteiger charge is -2.09. The molecular formula is C14H13FN2O2. The van der Waals surface area contributed by atoms with E-state index >= 15 is 0 Å². The SMILES string of the molecule is COc1ccc(NC(=O)c2cccnc2F)cc1C. The van der Waals surface area contributed by atoms with Crippen molar-refractivity contribution in [2.24, 2.45) is 0 Å². The zero-order valence-corrected chi connectivity index (χ0v) is 10.6. The normalized spacial score (nSPS) is 10.1. The molecule has 0 atom stereocenters. The first kappa shape index (κ1) is 13.0. The summed E-state index contributed by atoms with van der Waals surface area (Å²) in [5.41, 5.74) is 1.37. The van der Waals surface area contributed by atoms with Gasteiger partial charge in [-0.1, -0.05) is 0 Å². The molecule has 0 spiro atoms. The third-order valence-corrected chi connectivity index (χ3v) is 2.66. The van der Waals surface area contributed by atoms with Gasteiger partial charge in [0, 0.05) is 11.9 Å². The van der Waals surface area contributed by atoms with E-state index in [9.17, 15) is 9.18 Å². The van der Waals surface area contributed by atoms with Gasteiger partial charge in [-0.25, -0.2) is 4.98 Å². The number of methoxy groups -OCH3 is 1. The minimum absolute atomic E-state index is 0.0871. The van der Waals surface area contributed by atoms with E-state index in [1.807, 2.05) is 6.92 Å². The Bertz CT molecular complexity index is 614. The summed E-state index contributed by atoms with van der Waals surface area (Å²) >= 11 is 0. The summed E-state index contributed by atoms with van der Waals surface area (Å²) in [7, 11) is 1.58. The van der Waals surface area contributed by atoms with E-state index in [4.69, 9.17) is 4.74 Å². The summed E-state index contributed by atoms with van der Waals surface area (Å²) < 4.78 is 18.5. The van der Waals surface area contributed by atoms with Crippen molar-refractivity contribution in [3.63, 3.8) is 0 Å². The highest BCUT2D eigenvalue weighted by atomic mass is 19.1. The van der Waals surface area contributed by atoms with Crippen LogP contribution in [-0.2, 0) is 0 Å². The van der Waals surface area contributed by atoms with E-state index < -0.39 is 11.9 Å². The van der Waals surface area contributed by atoms with E-state index in [0.29, 0.717) is 5.69 Å². The number of carbonyl (C=O) groups is 1. The van der Waals surface area contributed by atoms with Crippen LogP contribution in [0.4, 0.5) is 10.1 Å². The lowest BCUT2D eigenvalue weighted by molar-refractivity contribution is 0.102. The molecule has 1 heterocycles. The Kier molecular flexibility index (Phi) is 3.75. The molecule has 0 fully saturated rings. The second kappa shape index (κ2) is 5.48. The molecule has 19 heavy (non-hydrogen) atoms. The van der Waals surface area contributed by atoms with Crippen LogP contribution in [0, 0.1) is 12.9 Å². The molecule has 1 aromatic heterocycles. The smallest absolute Gasteiger partial charge is 0.260 e. The molecule has 0 unspecified atom stereocenters. The van der Waals surface area contributed by atoms with Gasteiger partial charge in [-0.15, -0.1) is 0 Å². The number of carbonyl (C=O) groups excluding carboxylic acids is 1. The van der Waals surface area contributed by atoms with Crippen molar-refractivity contribution in [2.75, 3.05) is 12.4 Å². The first-order valence-electron chi connectivity index (χ1n) is 5.68. The Morgan fingerprint density at radius 1 is 1.37 bits per heavy atom. The van der Waals surface area contributed by atoms with Crippen molar-refractivity contribution < 1.29 is 13.9 Å². The maximum Gasteiger partial charge on any atom is 0.260 e. The van der Waals surface area contributed by atoms with Gasteiger partial charge in [0.05, 0.1) is 12.7 Å². The van der Waals surface area contributed by atoms with E-state index in [1.165, 1.54) is 18.3 Å². The fourth-order valence-electron chi connectivity index (χ4n) is 1.71. The minimum Gasteiger partial charge on any atom is -0.496 e. The standard InChI is InChI=1S/C14H13FN2O2/c1-9-8-10(5-6-12(9)19-2)17-14(18)11-4-3-7-16-13(11)15/h3-8H,1-2H3,(H,17,18). The van der Waals surface area contributed by atoms with Crippen LogP contribution in [0.15, 0.2) is 36.5 Å². The van der Waals surface area contributed by atoms with Gasteiger partial charge in [0.15, 0.2) is 0 Å². The zero-order chi connectivity index (χ0) is 13.8. The van der Waals surface area contributed by atoms with Crippen molar-refractivity contribution in [1.82, 2.24) is 4.98 Å². The van der Waals surface area contributed by atoms with E-state index in [0.717, 1.165) is 11.3 Å². The maximum absolute atomic E-state index is 13.3. The van der Waals surface area contributed by atoms with Crippen molar-refractivity contribution in [2.45, 2.75) is 6.92 Å². The average molecular weight is 260 g/mol. The first-order valence-corrected chi connectivity index (χ1v) is 5.68. The van der Waals surface area contributed by atoms with Gasteiger partial charge in [-0.05, 0) is 42.8 Å². The third-order valence-electron chi connectivity index (χ3n) is 2.66. The predicted octanol–water partition coefficient (Wildman–Crippen LogP) is 2.79. The summed E-state index contributed by atoms with van der Waals surface area (Å²) in [6, 6.07) is 8.08. The molecule has 0 bridgehead atoms. The molecule has 1 aromatic carbocycles.